The zero-order valence-electron chi connectivity index (χ0n) is 21.0. The summed E-state index contributed by atoms with van der Waals surface area (Å²) in [7, 11) is 0. The van der Waals surface area contributed by atoms with E-state index in [9.17, 15) is 14.4 Å². The Morgan fingerprint density at radius 1 is 1.00 bits per heavy atom. The topological polar surface area (TPSA) is 86.0 Å². The predicted molar refractivity (Wildman–Crippen MR) is 148 cm³/mol. The molecule has 0 spiro atoms. The normalized spacial score (nSPS) is 14.6. The van der Waals surface area contributed by atoms with Crippen LogP contribution in [0.1, 0.15) is 64.8 Å². The van der Waals surface area contributed by atoms with E-state index < -0.39 is 17.9 Å². The molecule has 2 heterocycles. The number of esters is 1. The smallest absolute Gasteiger partial charge is 0.338 e. The van der Waals surface area contributed by atoms with E-state index in [-0.39, 0.29) is 16.8 Å². The fraction of sp³-hybridized carbons (Fsp3) is 0.233. The van der Waals surface area contributed by atoms with Crippen molar-refractivity contribution in [2.75, 3.05) is 18.1 Å². The van der Waals surface area contributed by atoms with Crippen LogP contribution in [-0.2, 0) is 4.74 Å². The van der Waals surface area contributed by atoms with Crippen LogP contribution >= 0.6 is 15.9 Å². The Balaban J connectivity index is 1.61. The lowest BCUT2D eigenvalue weighted by Gasteiger charge is -2.25. The maximum Gasteiger partial charge on any atom is 0.338 e. The number of unbranched alkanes of at least 4 members (excludes halogenated alkanes) is 1. The largest absolute Gasteiger partial charge is 0.494 e. The maximum absolute atomic E-state index is 13.8. The Morgan fingerprint density at radius 3 is 2.42 bits per heavy atom. The Bertz CT molecular complexity index is 1560. The first kappa shape index (κ1) is 25.7. The van der Waals surface area contributed by atoms with E-state index >= 15 is 0 Å². The highest BCUT2D eigenvalue weighted by Gasteiger charge is 2.43. The maximum atomic E-state index is 13.8. The van der Waals surface area contributed by atoms with Crippen molar-refractivity contribution < 1.29 is 23.5 Å². The minimum atomic E-state index is -0.727. The molecule has 1 aromatic heterocycles. The van der Waals surface area contributed by atoms with E-state index in [2.05, 4.69) is 15.9 Å². The first-order valence-electron chi connectivity index (χ1n) is 12.5. The molecular formula is C30H26BrNO6. The molecule has 8 heteroatoms. The Hall–Kier alpha value is -3.91. The van der Waals surface area contributed by atoms with Crippen molar-refractivity contribution in [3.05, 3.63) is 104 Å². The minimum Gasteiger partial charge on any atom is -0.494 e. The fourth-order valence-corrected chi connectivity index (χ4v) is 4.95. The van der Waals surface area contributed by atoms with Gasteiger partial charge in [-0.25, -0.2) is 4.79 Å². The molecule has 4 aromatic rings. The molecule has 0 aliphatic carbocycles. The third-order valence-electron chi connectivity index (χ3n) is 6.45. The second kappa shape index (κ2) is 10.8. The minimum absolute atomic E-state index is 0.00626. The lowest BCUT2D eigenvalue weighted by molar-refractivity contribution is 0.0499. The van der Waals surface area contributed by atoms with Crippen LogP contribution in [0.3, 0.4) is 0 Å². The molecule has 5 rings (SSSR count). The van der Waals surface area contributed by atoms with Crippen LogP contribution in [0.25, 0.3) is 11.0 Å². The average molecular weight is 576 g/mol. The van der Waals surface area contributed by atoms with Gasteiger partial charge in [0.15, 0.2) is 5.43 Å². The number of hydrogen-bond acceptors (Lipinski definition) is 6. The first-order chi connectivity index (χ1) is 18.4. The zero-order valence-corrected chi connectivity index (χ0v) is 22.6. The molecule has 1 aliphatic heterocycles. The van der Waals surface area contributed by atoms with Crippen molar-refractivity contribution in [1.29, 1.82) is 0 Å². The van der Waals surface area contributed by atoms with Gasteiger partial charge in [-0.3, -0.25) is 14.5 Å². The molecule has 0 bridgehead atoms. The van der Waals surface area contributed by atoms with Crippen molar-refractivity contribution in [2.45, 2.75) is 32.7 Å². The second-order valence-electron chi connectivity index (χ2n) is 8.93. The van der Waals surface area contributed by atoms with Crippen LogP contribution in [0.4, 0.5) is 5.69 Å². The van der Waals surface area contributed by atoms with Crippen LogP contribution in [0.15, 0.2) is 80.4 Å². The van der Waals surface area contributed by atoms with Crippen molar-refractivity contribution in [3.8, 4) is 5.75 Å². The highest BCUT2D eigenvalue weighted by Crippen LogP contribution is 2.41. The number of ether oxygens (including phenoxy) is 2. The molecule has 1 unspecified atom stereocenters. The fourth-order valence-electron chi connectivity index (χ4n) is 4.59. The Labute approximate surface area is 228 Å². The number of nitrogens with zero attached hydrogens (tertiary/aromatic N) is 1. The van der Waals surface area contributed by atoms with E-state index in [0.717, 1.165) is 22.9 Å². The number of hydrogen-bond donors (Lipinski definition) is 0. The van der Waals surface area contributed by atoms with Gasteiger partial charge in [0.2, 0.25) is 5.76 Å². The quantitative estimate of drug-likeness (QED) is 0.172. The Kier molecular flexibility index (Phi) is 7.33. The number of carbonyl (C=O) groups excluding carboxylic acids is 2. The summed E-state index contributed by atoms with van der Waals surface area (Å²) in [6.07, 6.45) is 1.72. The number of carbonyl (C=O) groups is 2. The van der Waals surface area contributed by atoms with Gasteiger partial charge >= 0.3 is 5.97 Å². The lowest BCUT2D eigenvalue weighted by atomic mass is 9.98. The molecule has 194 valence electrons. The van der Waals surface area contributed by atoms with Gasteiger partial charge in [-0.2, -0.15) is 0 Å². The highest BCUT2D eigenvalue weighted by molar-refractivity contribution is 9.10. The van der Waals surface area contributed by atoms with Crippen molar-refractivity contribution in [1.82, 2.24) is 0 Å². The summed E-state index contributed by atoms with van der Waals surface area (Å²) in [5.74, 6) is -0.156. The summed E-state index contributed by atoms with van der Waals surface area (Å²) >= 11 is 3.42. The molecule has 0 radical (unpaired) electrons. The molecule has 7 nitrogen and oxygen atoms in total. The lowest BCUT2D eigenvalue weighted by Crippen LogP contribution is -2.29. The van der Waals surface area contributed by atoms with E-state index in [0.29, 0.717) is 41.2 Å². The molecule has 1 aliphatic rings. The first-order valence-corrected chi connectivity index (χ1v) is 13.3. The van der Waals surface area contributed by atoms with Crippen LogP contribution < -0.4 is 15.1 Å². The summed E-state index contributed by atoms with van der Waals surface area (Å²) in [5.41, 5.74) is 1.97. The Morgan fingerprint density at radius 2 is 1.74 bits per heavy atom. The standard InChI is InChI=1S/C30H26BrNO6/c1-3-5-16-37-30(35)19-6-11-21(12-7-19)32-26(18-8-13-22(14-9-18)36-4-2)25-27(33)23-17-20(31)10-15-24(23)38-28(25)29(32)34/h6-15,17,26H,3-5,16H2,1-2H3. The van der Waals surface area contributed by atoms with Crippen molar-refractivity contribution in [2.24, 2.45) is 0 Å². The van der Waals surface area contributed by atoms with Gasteiger partial charge < -0.3 is 13.9 Å². The summed E-state index contributed by atoms with van der Waals surface area (Å²) in [5, 5.41) is 0.383. The third kappa shape index (κ3) is 4.72. The molecule has 0 fully saturated rings. The van der Waals surface area contributed by atoms with Crippen molar-refractivity contribution in [3.63, 3.8) is 0 Å². The average Bonchev–Trinajstić information content (AvgIpc) is 3.22. The number of anilines is 1. The molecule has 1 amide bonds. The van der Waals surface area contributed by atoms with Crippen LogP contribution in [0.5, 0.6) is 5.75 Å². The van der Waals surface area contributed by atoms with Crippen molar-refractivity contribution >= 4 is 44.5 Å². The molecule has 1 atom stereocenters. The molecule has 3 aromatic carbocycles. The SMILES string of the molecule is CCCCOC(=O)c1ccc(N2C(=O)c3oc4ccc(Br)cc4c(=O)c3C2c2ccc(OCC)cc2)cc1. The summed E-state index contributed by atoms with van der Waals surface area (Å²) in [6.45, 7) is 4.80. The summed E-state index contributed by atoms with van der Waals surface area (Å²) in [6, 6.07) is 18.3. The zero-order chi connectivity index (χ0) is 26.8. The van der Waals surface area contributed by atoms with E-state index in [1.54, 1.807) is 42.5 Å². The van der Waals surface area contributed by atoms with Crippen LogP contribution in [0, 0.1) is 0 Å². The second-order valence-corrected chi connectivity index (χ2v) is 9.85. The third-order valence-corrected chi connectivity index (χ3v) is 6.94. The van der Waals surface area contributed by atoms with Crippen LogP contribution in [-0.4, -0.2) is 25.1 Å². The van der Waals surface area contributed by atoms with Gasteiger partial charge in [0, 0.05) is 10.2 Å². The van der Waals surface area contributed by atoms with Crippen LogP contribution in [0.2, 0.25) is 0 Å². The number of amides is 1. The van der Waals surface area contributed by atoms with Gasteiger partial charge in [-0.05, 0) is 73.5 Å². The molecule has 0 saturated heterocycles. The monoisotopic (exact) mass is 575 g/mol. The molecule has 0 N–H and O–H groups in total. The predicted octanol–water partition coefficient (Wildman–Crippen LogP) is 6.66. The molecular weight excluding hydrogens is 550 g/mol. The van der Waals surface area contributed by atoms with Gasteiger partial charge in [-0.15, -0.1) is 0 Å². The highest BCUT2D eigenvalue weighted by atomic mass is 79.9. The van der Waals surface area contributed by atoms with Gasteiger partial charge in [0.05, 0.1) is 35.8 Å². The van der Waals surface area contributed by atoms with E-state index in [1.165, 1.54) is 4.90 Å². The number of fused-ring (bicyclic) bond motifs is 2. The number of rotatable bonds is 8. The van der Waals surface area contributed by atoms with Gasteiger partial charge in [-0.1, -0.05) is 41.4 Å². The van der Waals surface area contributed by atoms with E-state index in [4.69, 9.17) is 13.9 Å². The summed E-state index contributed by atoms with van der Waals surface area (Å²) in [4.78, 5) is 41.5. The molecule has 0 saturated carbocycles. The molecule has 38 heavy (non-hydrogen) atoms. The van der Waals surface area contributed by atoms with Gasteiger partial charge in [0.1, 0.15) is 11.3 Å². The van der Waals surface area contributed by atoms with E-state index in [1.807, 2.05) is 38.1 Å². The van der Waals surface area contributed by atoms with Gasteiger partial charge in [0.25, 0.3) is 5.91 Å². The summed E-state index contributed by atoms with van der Waals surface area (Å²) < 4.78 is 17.6. The number of benzene rings is 3. The number of halogens is 1.